The Morgan fingerprint density at radius 3 is 2.35 bits per heavy atom. The zero-order valence-electron chi connectivity index (χ0n) is 21.7. The van der Waals surface area contributed by atoms with Crippen molar-refractivity contribution in [1.29, 1.82) is 0 Å². The average molecular weight is 620 g/mol. The number of halogens is 3. The van der Waals surface area contributed by atoms with E-state index >= 15 is 0 Å². The molecule has 1 N–H and O–H groups in total. The predicted octanol–water partition coefficient (Wildman–Crippen LogP) is 6.41. The number of nitrogens with one attached hydrogen (secondary N) is 1. The van der Waals surface area contributed by atoms with Crippen LogP contribution in [0.15, 0.2) is 82.8 Å². The van der Waals surface area contributed by atoms with Crippen molar-refractivity contribution in [2.75, 3.05) is 18.0 Å². The van der Waals surface area contributed by atoms with Crippen LogP contribution < -0.4 is 14.5 Å². The van der Waals surface area contributed by atoms with E-state index in [-0.39, 0.29) is 21.4 Å². The van der Waals surface area contributed by atoms with Crippen molar-refractivity contribution in [3.05, 3.63) is 105 Å². The third kappa shape index (κ3) is 6.28. The summed E-state index contributed by atoms with van der Waals surface area (Å²) < 4.78 is 35.4. The molecule has 4 aromatic rings. The van der Waals surface area contributed by atoms with Gasteiger partial charge in [0.15, 0.2) is 0 Å². The molecular weight excluding hydrogens is 595 g/mol. The molecule has 1 amide bonds. The molecule has 4 rings (SSSR count). The number of ether oxygens (including phenoxy) is 1. The Morgan fingerprint density at radius 2 is 1.68 bits per heavy atom. The van der Waals surface area contributed by atoms with Gasteiger partial charge < -0.3 is 9.30 Å². The molecule has 0 aliphatic heterocycles. The molecule has 0 saturated carbocycles. The zero-order chi connectivity index (χ0) is 29.0. The first kappa shape index (κ1) is 29.5. The Labute approximate surface area is 247 Å². The third-order valence-corrected chi connectivity index (χ3v) is 8.59. The van der Waals surface area contributed by atoms with Crippen LogP contribution in [0.25, 0.3) is 5.69 Å². The molecule has 40 heavy (non-hydrogen) atoms. The van der Waals surface area contributed by atoms with Crippen LogP contribution in [-0.2, 0) is 14.8 Å². The highest BCUT2D eigenvalue weighted by atomic mass is 35.5. The van der Waals surface area contributed by atoms with Gasteiger partial charge in [-0.05, 0) is 68.4 Å². The van der Waals surface area contributed by atoms with E-state index in [1.807, 2.05) is 30.5 Å². The predicted molar refractivity (Wildman–Crippen MR) is 160 cm³/mol. The first-order valence-corrected chi connectivity index (χ1v) is 14.5. The fourth-order valence-corrected chi connectivity index (χ4v) is 6.27. The van der Waals surface area contributed by atoms with E-state index in [9.17, 15) is 13.2 Å². The maximum atomic E-state index is 13.6. The number of rotatable bonds is 9. The van der Waals surface area contributed by atoms with Crippen molar-refractivity contribution >= 4 is 62.6 Å². The molecule has 208 valence electrons. The van der Waals surface area contributed by atoms with Crippen LogP contribution in [0, 0.1) is 13.8 Å². The lowest BCUT2D eigenvalue weighted by Gasteiger charge is -2.25. The second-order valence-corrected chi connectivity index (χ2v) is 11.8. The second kappa shape index (κ2) is 12.3. The van der Waals surface area contributed by atoms with Crippen molar-refractivity contribution in [3.63, 3.8) is 0 Å². The molecule has 8 nitrogen and oxygen atoms in total. The number of nitrogens with zero attached hydrogens (tertiary/aromatic N) is 3. The van der Waals surface area contributed by atoms with Crippen molar-refractivity contribution < 1.29 is 17.9 Å². The number of hydrogen-bond donors (Lipinski definition) is 1. The van der Waals surface area contributed by atoms with Gasteiger partial charge in [0, 0.05) is 27.0 Å². The Bertz CT molecular complexity index is 1690. The Kier molecular flexibility index (Phi) is 9.10. The van der Waals surface area contributed by atoms with E-state index in [0.717, 1.165) is 26.9 Å². The van der Waals surface area contributed by atoms with E-state index < -0.39 is 22.5 Å². The number of hydrazone groups is 1. The van der Waals surface area contributed by atoms with E-state index in [4.69, 9.17) is 39.5 Å². The summed E-state index contributed by atoms with van der Waals surface area (Å²) in [5.74, 6) is -0.444. The van der Waals surface area contributed by atoms with Crippen LogP contribution >= 0.6 is 34.8 Å². The van der Waals surface area contributed by atoms with E-state index in [1.165, 1.54) is 37.6 Å². The summed E-state index contributed by atoms with van der Waals surface area (Å²) in [7, 11) is -2.76. The van der Waals surface area contributed by atoms with Crippen molar-refractivity contribution in [1.82, 2.24) is 9.99 Å². The largest absolute Gasteiger partial charge is 0.495 e. The molecular formula is C28H25Cl3N4O4S. The number of hydrogen-bond acceptors (Lipinski definition) is 5. The van der Waals surface area contributed by atoms with Crippen LogP contribution in [0.2, 0.25) is 15.1 Å². The van der Waals surface area contributed by atoms with Gasteiger partial charge in [-0.2, -0.15) is 5.10 Å². The lowest BCUT2D eigenvalue weighted by Crippen LogP contribution is -2.39. The minimum Gasteiger partial charge on any atom is -0.495 e. The molecule has 0 aliphatic rings. The molecule has 0 fully saturated rings. The topological polar surface area (TPSA) is 93.0 Å². The van der Waals surface area contributed by atoms with E-state index in [2.05, 4.69) is 10.5 Å². The van der Waals surface area contributed by atoms with Crippen LogP contribution in [0.3, 0.4) is 0 Å². The number of aromatic nitrogens is 1. The van der Waals surface area contributed by atoms with Crippen LogP contribution in [0.1, 0.15) is 17.0 Å². The number of sulfonamides is 1. The van der Waals surface area contributed by atoms with Crippen molar-refractivity contribution in [2.24, 2.45) is 5.10 Å². The maximum absolute atomic E-state index is 13.6. The second-order valence-electron chi connectivity index (χ2n) is 8.69. The number of anilines is 1. The van der Waals surface area contributed by atoms with Gasteiger partial charge in [-0.15, -0.1) is 0 Å². The molecule has 0 aliphatic carbocycles. The molecule has 0 spiro atoms. The number of benzene rings is 3. The minimum atomic E-state index is -4.17. The molecule has 0 radical (unpaired) electrons. The van der Waals surface area contributed by atoms with Gasteiger partial charge in [0.05, 0.1) is 34.6 Å². The van der Waals surface area contributed by atoms with Crippen molar-refractivity contribution in [3.8, 4) is 11.4 Å². The molecule has 1 aromatic heterocycles. The normalized spacial score (nSPS) is 11.6. The first-order valence-electron chi connectivity index (χ1n) is 11.9. The lowest BCUT2D eigenvalue weighted by atomic mass is 10.2. The molecule has 0 saturated heterocycles. The molecule has 0 atom stereocenters. The van der Waals surface area contributed by atoms with Crippen LogP contribution in [-0.4, -0.2) is 38.8 Å². The zero-order valence-corrected chi connectivity index (χ0v) is 24.8. The molecule has 0 unspecified atom stereocenters. The number of carbonyl (C=O) groups excluding carboxylic acids is 1. The van der Waals surface area contributed by atoms with Gasteiger partial charge in [0.1, 0.15) is 12.3 Å². The third-order valence-electron chi connectivity index (χ3n) is 6.04. The fourth-order valence-electron chi connectivity index (χ4n) is 4.17. The highest BCUT2D eigenvalue weighted by Gasteiger charge is 2.29. The van der Waals surface area contributed by atoms with Gasteiger partial charge in [0.2, 0.25) is 0 Å². The van der Waals surface area contributed by atoms with Crippen LogP contribution in [0.4, 0.5) is 5.69 Å². The van der Waals surface area contributed by atoms with E-state index in [1.54, 1.807) is 36.4 Å². The SMILES string of the molecule is COc1ccc(Cl)cc1N(CC(=O)N/N=C\c1cc(C)n(-c2ccc(Cl)cc2Cl)c1C)S(=O)(=O)c1ccccc1. The van der Waals surface area contributed by atoms with Gasteiger partial charge >= 0.3 is 0 Å². The van der Waals surface area contributed by atoms with Gasteiger partial charge in [-0.25, -0.2) is 13.8 Å². The molecule has 3 aromatic carbocycles. The fraction of sp³-hybridized carbons (Fsp3) is 0.143. The quantitative estimate of drug-likeness (QED) is 0.173. The summed E-state index contributed by atoms with van der Waals surface area (Å²) in [6.45, 7) is 3.23. The molecule has 1 heterocycles. The highest BCUT2D eigenvalue weighted by Crippen LogP contribution is 2.35. The summed E-state index contributed by atoms with van der Waals surface area (Å²) in [5, 5.41) is 5.37. The maximum Gasteiger partial charge on any atom is 0.264 e. The summed E-state index contributed by atoms with van der Waals surface area (Å²) in [6.07, 6.45) is 1.48. The monoisotopic (exact) mass is 618 g/mol. The number of aryl methyl sites for hydroxylation is 1. The van der Waals surface area contributed by atoms with Gasteiger partial charge in [0.25, 0.3) is 15.9 Å². The molecule has 12 heteroatoms. The number of carbonyl (C=O) groups is 1. The lowest BCUT2D eigenvalue weighted by molar-refractivity contribution is -0.119. The Morgan fingerprint density at radius 1 is 1.00 bits per heavy atom. The summed E-state index contributed by atoms with van der Waals surface area (Å²) in [5.41, 5.74) is 5.74. The van der Waals surface area contributed by atoms with Crippen LogP contribution in [0.5, 0.6) is 5.75 Å². The Balaban J connectivity index is 1.60. The minimum absolute atomic E-state index is 0.00151. The smallest absolute Gasteiger partial charge is 0.264 e. The number of methoxy groups -OCH3 is 1. The Hall–Kier alpha value is -3.50. The van der Waals surface area contributed by atoms with Crippen molar-refractivity contribution in [2.45, 2.75) is 18.7 Å². The van der Waals surface area contributed by atoms with Gasteiger partial charge in [-0.1, -0.05) is 53.0 Å². The highest BCUT2D eigenvalue weighted by molar-refractivity contribution is 7.92. The number of amides is 1. The average Bonchev–Trinajstić information content (AvgIpc) is 3.20. The molecule has 0 bridgehead atoms. The first-order chi connectivity index (χ1) is 19.0. The van der Waals surface area contributed by atoms with E-state index in [0.29, 0.717) is 10.0 Å². The summed E-state index contributed by atoms with van der Waals surface area (Å²) >= 11 is 18.6. The standard InChI is InChI=1S/C28H25Cl3N4O4S/c1-18-13-20(19(2)35(18)25-11-9-21(29)14-24(25)31)16-32-33-28(36)17-34(26-15-22(30)10-12-27(26)39-3)40(37,38)23-7-5-4-6-8-23/h4-16H,17H2,1-3H3,(H,33,36)/b32-16-. The summed E-state index contributed by atoms with van der Waals surface area (Å²) in [6, 6.07) is 19.4. The summed E-state index contributed by atoms with van der Waals surface area (Å²) in [4.78, 5) is 13.0. The van der Waals surface area contributed by atoms with Gasteiger partial charge in [-0.3, -0.25) is 9.10 Å².